The molecule has 1 atom stereocenters. The monoisotopic (exact) mass is 335 g/mol. The number of rotatable bonds is 5. The molecule has 3 aromatic rings. The zero-order chi connectivity index (χ0) is 17.1. The Bertz CT molecular complexity index is 854. The number of carbonyl (C=O) groups excluding carboxylic acids is 1. The molecule has 2 heterocycles. The van der Waals surface area contributed by atoms with Crippen molar-refractivity contribution in [1.82, 2.24) is 25.4 Å². The molecule has 6 heteroatoms. The molecule has 1 unspecified atom stereocenters. The number of nitrogens with zero attached hydrogens (tertiary/aromatic N) is 4. The van der Waals surface area contributed by atoms with Gasteiger partial charge in [0.1, 0.15) is 0 Å². The zero-order valence-electron chi connectivity index (χ0n) is 14.0. The van der Waals surface area contributed by atoms with Crippen LogP contribution < -0.4 is 5.32 Å². The van der Waals surface area contributed by atoms with Crippen LogP contribution in [0.3, 0.4) is 0 Å². The number of amides is 1. The second-order valence-electron chi connectivity index (χ2n) is 6.67. The molecule has 0 spiro atoms. The molecular weight excluding hydrogens is 314 g/mol. The minimum absolute atomic E-state index is 0.0792. The standard InChI is InChI=1S/C19H21N5O/c25-19(16-10-11-24-18(12-16)21-22-23-24)20-13-17(15-8-4-5-9-15)14-6-2-1-3-7-14/h1-3,6-7,10-12,15,17H,4-5,8-9,13H2,(H,20,25). The van der Waals surface area contributed by atoms with Gasteiger partial charge >= 0.3 is 0 Å². The summed E-state index contributed by atoms with van der Waals surface area (Å²) < 4.78 is 1.54. The van der Waals surface area contributed by atoms with Crippen molar-refractivity contribution in [2.45, 2.75) is 31.6 Å². The van der Waals surface area contributed by atoms with Crippen LogP contribution in [0.1, 0.15) is 47.5 Å². The van der Waals surface area contributed by atoms with Crippen molar-refractivity contribution in [3.05, 3.63) is 59.8 Å². The smallest absolute Gasteiger partial charge is 0.251 e. The molecule has 128 valence electrons. The lowest BCUT2D eigenvalue weighted by Gasteiger charge is -2.24. The van der Waals surface area contributed by atoms with E-state index in [0.29, 0.717) is 29.6 Å². The second-order valence-corrected chi connectivity index (χ2v) is 6.67. The van der Waals surface area contributed by atoms with Gasteiger partial charge in [0, 0.05) is 24.2 Å². The molecule has 4 rings (SSSR count). The lowest BCUT2D eigenvalue weighted by Crippen LogP contribution is -2.31. The van der Waals surface area contributed by atoms with Crippen molar-refractivity contribution in [2.75, 3.05) is 6.54 Å². The highest BCUT2D eigenvalue weighted by Crippen LogP contribution is 2.36. The summed E-state index contributed by atoms with van der Waals surface area (Å²) in [5.41, 5.74) is 2.47. The molecule has 0 aliphatic heterocycles. The first-order chi connectivity index (χ1) is 12.3. The lowest BCUT2D eigenvalue weighted by molar-refractivity contribution is 0.0948. The SMILES string of the molecule is O=C(NCC(c1ccccc1)C1CCCC1)c1ccn2nnnc2c1. The number of hydrogen-bond donors (Lipinski definition) is 1. The molecule has 1 amide bonds. The quantitative estimate of drug-likeness (QED) is 0.778. The summed E-state index contributed by atoms with van der Waals surface area (Å²) >= 11 is 0. The van der Waals surface area contributed by atoms with E-state index >= 15 is 0 Å². The van der Waals surface area contributed by atoms with Crippen LogP contribution >= 0.6 is 0 Å². The van der Waals surface area contributed by atoms with Crippen LogP contribution in [0.2, 0.25) is 0 Å². The van der Waals surface area contributed by atoms with Gasteiger partial charge in [-0.15, -0.1) is 5.10 Å². The number of nitrogens with one attached hydrogen (secondary N) is 1. The molecule has 0 saturated heterocycles. The molecule has 6 nitrogen and oxygen atoms in total. The average molecular weight is 335 g/mol. The molecule has 1 aliphatic carbocycles. The number of fused-ring (bicyclic) bond motifs is 1. The van der Waals surface area contributed by atoms with Crippen molar-refractivity contribution in [3.63, 3.8) is 0 Å². The number of benzene rings is 1. The van der Waals surface area contributed by atoms with Gasteiger partial charge in [-0.2, -0.15) is 0 Å². The van der Waals surface area contributed by atoms with Crippen LogP contribution in [0.4, 0.5) is 0 Å². The first kappa shape index (κ1) is 15.7. The summed E-state index contributed by atoms with van der Waals surface area (Å²) in [4.78, 5) is 12.6. The number of pyridine rings is 1. The van der Waals surface area contributed by atoms with Crippen molar-refractivity contribution >= 4 is 11.6 Å². The third kappa shape index (κ3) is 3.38. The van der Waals surface area contributed by atoms with Crippen molar-refractivity contribution < 1.29 is 4.79 Å². The number of aromatic nitrogens is 4. The highest BCUT2D eigenvalue weighted by Gasteiger charge is 2.26. The predicted molar refractivity (Wildman–Crippen MR) is 94.3 cm³/mol. The van der Waals surface area contributed by atoms with E-state index in [1.54, 1.807) is 22.8 Å². The first-order valence-corrected chi connectivity index (χ1v) is 8.82. The van der Waals surface area contributed by atoms with Crippen LogP contribution in [0.15, 0.2) is 48.7 Å². The molecule has 0 radical (unpaired) electrons. The summed E-state index contributed by atoms with van der Waals surface area (Å²) in [7, 11) is 0. The summed E-state index contributed by atoms with van der Waals surface area (Å²) in [6.45, 7) is 0.656. The van der Waals surface area contributed by atoms with Crippen molar-refractivity contribution in [2.24, 2.45) is 5.92 Å². The third-order valence-corrected chi connectivity index (χ3v) is 5.14. The van der Waals surface area contributed by atoms with Crippen LogP contribution in [0.25, 0.3) is 5.65 Å². The molecule has 1 N–H and O–H groups in total. The van der Waals surface area contributed by atoms with E-state index in [1.807, 2.05) is 6.07 Å². The second kappa shape index (κ2) is 7.01. The Morgan fingerprint density at radius 3 is 2.80 bits per heavy atom. The molecule has 1 saturated carbocycles. The van der Waals surface area contributed by atoms with Gasteiger partial charge in [0.15, 0.2) is 5.65 Å². The van der Waals surface area contributed by atoms with Gasteiger partial charge in [-0.05, 0) is 46.9 Å². The van der Waals surface area contributed by atoms with Crippen LogP contribution in [0, 0.1) is 5.92 Å². The Kier molecular flexibility index (Phi) is 4.41. The number of hydrogen-bond acceptors (Lipinski definition) is 4. The molecule has 25 heavy (non-hydrogen) atoms. The lowest BCUT2D eigenvalue weighted by atomic mass is 9.85. The summed E-state index contributed by atoms with van der Waals surface area (Å²) in [5.74, 6) is 0.932. The van der Waals surface area contributed by atoms with E-state index in [9.17, 15) is 4.79 Å². The average Bonchev–Trinajstić information content (AvgIpc) is 3.34. The topological polar surface area (TPSA) is 72.2 Å². The fourth-order valence-electron chi connectivity index (χ4n) is 3.80. The van der Waals surface area contributed by atoms with Gasteiger partial charge in [0.05, 0.1) is 0 Å². The van der Waals surface area contributed by atoms with Crippen molar-refractivity contribution in [3.8, 4) is 0 Å². The van der Waals surface area contributed by atoms with E-state index < -0.39 is 0 Å². The van der Waals surface area contributed by atoms with Crippen LogP contribution in [-0.2, 0) is 0 Å². The fraction of sp³-hybridized carbons (Fsp3) is 0.368. The normalized spacial score (nSPS) is 16.2. The van der Waals surface area contributed by atoms with Gasteiger partial charge in [-0.3, -0.25) is 4.79 Å². The van der Waals surface area contributed by atoms with E-state index in [1.165, 1.54) is 31.2 Å². The van der Waals surface area contributed by atoms with Gasteiger partial charge in [-0.1, -0.05) is 43.2 Å². The molecular formula is C19H21N5O. The molecule has 1 aromatic carbocycles. The summed E-state index contributed by atoms with van der Waals surface area (Å²) in [6, 6.07) is 14.0. The molecule has 1 fully saturated rings. The largest absolute Gasteiger partial charge is 0.351 e. The maximum absolute atomic E-state index is 12.6. The Morgan fingerprint density at radius 2 is 2.00 bits per heavy atom. The first-order valence-electron chi connectivity index (χ1n) is 8.82. The van der Waals surface area contributed by atoms with Gasteiger partial charge in [0.25, 0.3) is 5.91 Å². The minimum atomic E-state index is -0.0792. The van der Waals surface area contributed by atoms with E-state index in [-0.39, 0.29) is 5.91 Å². The minimum Gasteiger partial charge on any atom is -0.351 e. The van der Waals surface area contributed by atoms with Gasteiger partial charge in [0.2, 0.25) is 0 Å². The molecule has 0 bridgehead atoms. The van der Waals surface area contributed by atoms with Crippen LogP contribution in [-0.4, -0.2) is 32.5 Å². The predicted octanol–water partition coefficient (Wildman–Crippen LogP) is 2.83. The maximum atomic E-state index is 12.6. The van der Waals surface area contributed by atoms with Crippen LogP contribution in [0.5, 0.6) is 0 Å². The Balaban J connectivity index is 1.49. The van der Waals surface area contributed by atoms with E-state index in [2.05, 4.69) is 45.1 Å². The Labute approximate surface area is 146 Å². The maximum Gasteiger partial charge on any atom is 0.251 e. The van der Waals surface area contributed by atoms with E-state index in [4.69, 9.17) is 0 Å². The summed E-state index contributed by atoms with van der Waals surface area (Å²) in [6.07, 6.45) is 6.77. The van der Waals surface area contributed by atoms with Gasteiger partial charge in [-0.25, -0.2) is 4.52 Å². The third-order valence-electron chi connectivity index (χ3n) is 5.14. The molecule has 1 aliphatic rings. The molecule has 2 aromatic heterocycles. The number of tetrazole rings is 1. The van der Waals surface area contributed by atoms with Gasteiger partial charge < -0.3 is 5.32 Å². The summed E-state index contributed by atoms with van der Waals surface area (Å²) in [5, 5.41) is 14.4. The van der Waals surface area contributed by atoms with E-state index in [0.717, 1.165) is 0 Å². The Morgan fingerprint density at radius 1 is 1.20 bits per heavy atom. The highest BCUT2D eigenvalue weighted by molar-refractivity contribution is 5.95. The zero-order valence-corrected chi connectivity index (χ0v) is 14.0. The fourth-order valence-corrected chi connectivity index (χ4v) is 3.80. The highest BCUT2D eigenvalue weighted by atomic mass is 16.1. The Hall–Kier alpha value is -2.76. The van der Waals surface area contributed by atoms with Crippen molar-refractivity contribution in [1.29, 1.82) is 0 Å². The number of carbonyl (C=O) groups is 1.